The number of hydrogen-bond acceptors (Lipinski definition) is 4. The molecule has 1 aromatic rings. The fraction of sp³-hybridized carbons (Fsp3) is 0.583. The molecule has 0 aliphatic carbocycles. The van der Waals surface area contributed by atoms with E-state index in [-0.39, 0.29) is 18.0 Å². The summed E-state index contributed by atoms with van der Waals surface area (Å²) in [5, 5.41) is 0. The van der Waals surface area contributed by atoms with Gasteiger partial charge in [-0.15, -0.1) is 0 Å². The van der Waals surface area contributed by atoms with Crippen LogP contribution in [0, 0.1) is 0 Å². The van der Waals surface area contributed by atoms with E-state index in [1.807, 2.05) is 20.8 Å². The Morgan fingerprint density at radius 1 is 1.38 bits per heavy atom. The van der Waals surface area contributed by atoms with Gasteiger partial charge < -0.3 is 13.9 Å². The molecule has 0 fully saturated rings. The van der Waals surface area contributed by atoms with Crippen molar-refractivity contribution in [1.82, 2.24) is 0 Å². The zero-order valence-corrected chi connectivity index (χ0v) is 9.99. The lowest BCUT2D eigenvalue weighted by Crippen LogP contribution is -2.22. The van der Waals surface area contributed by atoms with Crippen LogP contribution in [0.2, 0.25) is 0 Å². The summed E-state index contributed by atoms with van der Waals surface area (Å²) in [7, 11) is 0. The van der Waals surface area contributed by atoms with Crippen molar-refractivity contribution < 1.29 is 18.7 Å². The zero-order valence-electron chi connectivity index (χ0n) is 9.99. The summed E-state index contributed by atoms with van der Waals surface area (Å²) >= 11 is 0. The van der Waals surface area contributed by atoms with Gasteiger partial charge in [-0.1, -0.05) is 0 Å². The molecule has 0 aromatic carbocycles. The first-order valence-electron chi connectivity index (χ1n) is 5.27. The quantitative estimate of drug-likeness (QED) is 0.551. The molecule has 0 atom stereocenters. The molecule has 0 radical (unpaired) electrons. The molecule has 0 spiro atoms. The molecular formula is C12H18O4. The van der Waals surface area contributed by atoms with Gasteiger partial charge in [0.05, 0.1) is 25.1 Å². The van der Waals surface area contributed by atoms with Gasteiger partial charge in [0.15, 0.2) is 5.76 Å². The highest BCUT2D eigenvalue weighted by molar-refractivity contribution is 5.94. The molecule has 0 saturated carbocycles. The molecule has 1 heterocycles. The van der Waals surface area contributed by atoms with Gasteiger partial charge in [-0.05, 0) is 32.9 Å². The average Bonchev–Trinajstić information content (AvgIpc) is 2.67. The first kappa shape index (κ1) is 12.9. The summed E-state index contributed by atoms with van der Waals surface area (Å²) in [6.07, 6.45) is 1.47. The van der Waals surface area contributed by atoms with E-state index in [2.05, 4.69) is 0 Å². The van der Waals surface area contributed by atoms with E-state index in [1.165, 1.54) is 6.26 Å². The van der Waals surface area contributed by atoms with Gasteiger partial charge in [0.2, 0.25) is 5.78 Å². The number of furan rings is 1. The maximum atomic E-state index is 11.4. The maximum Gasteiger partial charge on any atom is 0.223 e. The number of ether oxygens (including phenoxy) is 2. The van der Waals surface area contributed by atoms with Gasteiger partial charge in [-0.25, -0.2) is 0 Å². The predicted octanol–water partition coefficient (Wildman–Crippen LogP) is 2.29. The number of carbonyl (C=O) groups is 1. The second kappa shape index (κ2) is 5.82. The lowest BCUT2D eigenvalue weighted by atomic mass is 10.2. The van der Waals surface area contributed by atoms with Crippen LogP contribution in [0.15, 0.2) is 22.8 Å². The highest BCUT2D eigenvalue weighted by atomic mass is 16.5. The Balaban J connectivity index is 2.10. The van der Waals surface area contributed by atoms with E-state index in [0.717, 1.165) is 0 Å². The minimum atomic E-state index is -0.172. The Morgan fingerprint density at radius 3 is 2.69 bits per heavy atom. The molecule has 16 heavy (non-hydrogen) atoms. The molecule has 0 unspecified atom stereocenters. The molecule has 0 aliphatic heterocycles. The van der Waals surface area contributed by atoms with E-state index < -0.39 is 0 Å². The lowest BCUT2D eigenvalue weighted by Gasteiger charge is -2.19. The molecule has 90 valence electrons. The van der Waals surface area contributed by atoms with Crippen LogP contribution in [0.1, 0.15) is 31.3 Å². The molecule has 0 saturated heterocycles. The van der Waals surface area contributed by atoms with Crippen LogP contribution in [-0.2, 0) is 9.47 Å². The molecule has 4 heteroatoms. The summed E-state index contributed by atoms with van der Waals surface area (Å²) < 4.78 is 15.6. The van der Waals surface area contributed by atoms with Crippen molar-refractivity contribution in [2.75, 3.05) is 19.8 Å². The van der Waals surface area contributed by atoms with E-state index in [4.69, 9.17) is 13.9 Å². The monoisotopic (exact) mass is 226 g/mol. The van der Waals surface area contributed by atoms with Crippen molar-refractivity contribution in [3.05, 3.63) is 24.2 Å². The number of ketones is 1. The second-order valence-electron chi connectivity index (χ2n) is 4.41. The van der Waals surface area contributed by atoms with Crippen molar-refractivity contribution in [2.45, 2.75) is 26.4 Å². The summed E-state index contributed by atoms with van der Waals surface area (Å²) in [6.45, 7) is 6.84. The van der Waals surface area contributed by atoms with E-state index in [9.17, 15) is 4.79 Å². The Hall–Kier alpha value is -1.13. The van der Waals surface area contributed by atoms with Crippen molar-refractivity contribution in [3.8, 4) is 0 Å². The van der Waals surface area contributed by atoms with Crippen LogP contribution in [0.5, 0.6) is 0 Å². The molecule has 1 rings (SSSR count). The Kier molecular flexibility index (Phi) is 4.71. The third kappa shape index (κ3) is 5.09. The van der Waals surface area contributed by atoms with E-state index >= 15 is 0 Å². The normalized spacial score (nSPS) is 11.7. The fourth-order valence-corrected chi connectivity index (χ4v) is 1.08. The van der Waals surface area contributed by atoms with Gasteiger partial charge in [0.25, 0.3) is 0 Å². The van der Waals surface area contributed by atoms with Crippen molar-refractivity contribution in [3.63, 3.8) is 0 Å². The van der Waals surface area contributed by atoms with Crippen LogP contribution >= 0.6 is 0 Å². The highest BCUT2D eigenvalue weighted by Crippen LogP contribution is 2.06. The zero-order chi connectivity index (χ0) is 12.0. The SMILES string of the molecule is CC(C)(C)OCCOCC(=O)c1ccco1. The van der Waals surface area contributed by atoms with Gasteiger partial charge in [-0.3, -0.25) is 4.79 Å². The van der Waals surface area contributed by atoms with Crippen molar-refractivity contribution >= 4 is 5.78 Å². The van der Waals surface area contributed by atoms with Crippen molar-refractivity contribution in [2.24, 2.45) is 0 Å². The standard InChI is InChI=1S/C12H18O4/c1-12(2,3)16-8-7-14-9-10(13)11-5-4-6-15-11/h4-6H,7-9H2,1-3H3. The summed E-state index contributed by atoms with van der Waals surface area (Å²) in [4.78, 5) is 11.4. The Bertz CT molecular complexity index is 308. The first-order chi connectivity index (χ1) is 7.49. The number of Topliss-reactive ketones (excluding diaryl/α,β-unsaturated/α-hetero) is 1. The van der Waals surface area contributed by atoms with E-state index in [0.29, 0.717) is 19.0 Å². The Morgan fingerprint density at radius 2 is 2.12 bits per heavy atom. The fourth-order valence-electron chi connectivity index (χ4n) is 1.08. The van der Waals surface area contributed by atoms with Crippen LogP contribution in [0.4, 0.5) is 0 Å². The molecule has 1 aromatic heterocycles. The van der Waals surface area contributed by atoms with Gasteiger partial charge in [0, 0.05) is 0 Å². The van der Waals surface area contributed by atoms with Gasteiger partial charge >= 0.3 is 0 Å². The third-order valence-electron chi connectivity index (χ3n) is 1.79. The molecule has 0 amide bonds. The minimum absolute atomic E-state index is 0.0288. The third-order valence-corrected chi connectivity index (χ3v) is 1.79. The van der Waals surface area contributed by atoms with E-state index in [1.54, 1.807) is 12.1 Å². The molecule has 0 bridgehead atoms. The second-order valence-corrected chi connectivity index (χ2v) is 4.41. The smallest absolute Gasteiger partial charge is 0.223 e. The molecular weight excluding hydrogens is 208 g/mol. The average molecular weight is 226 g/mol. The number of carbonyl (C=O) groups excluding carboxylic acids is 1. The lowest BCUT2D eigenvalue weighted by molar-refractivity contribution is -0.0325. The highest BCUT2D eigenvalue weighted by Gasteiger charge is 2.11. The minimum Gasteiger partial charge on any atom is -0.461 e. The number of rotatable bonds is 6. The van der Waals surface area contributed by atoms with Crippen molar-refractivity contribution in [1.29, 1.82) is 0 Å². The van der Waals surface area contributed by atoms with Crippen LogP contribution in [0.3, 0.4) is 0 Å². The topological polar surface area (TPSA) is 48.7 Å². The summed E-state index contributed by atoms with van der Waals surface area (Å²) in [5.74, 6) is 0.178. The van der Waals surface area contributed by atoms with Gasteiger partial charge in [0.1, 0.15) is 6.61 Å². The first-order valence-corrected chi connectivity index (χ1v) is 5.27. The van der Waals surface area contributed by atoms with Crippen LogP contribution < -0.4 is 0 Å². The van der Waals surface area contributed by atoms with Crippen LogP contribution in [0.25, 0.3) is 0 Å². The Labute approximate surface area is 95.5 Å². The molecule has 0 N–H and O–H groups in total. The number of hydrogen-bond donors (Lipinski definition) is 0. The predicted molar refractivity (Wildman–Crippen MR) is 59.6 cm³/mol. The summed E-state index contributed by atoms with van der Waals surface area (Å²) in [5.41, 5.74) is -0.172. The summed E-state index contributed by atoms with van der Waals surface area (Å²) in [6, 6.07) is 3.30. The maximum absolute atomic E-state index is 11.4. The largest absolute Gasteiger partial charge is 0.461 e. The van der Waals surface area contributed by atoms with Gasteiger partial charge in [-0.2, -0.15) is 0 Å². The van der Waals surface area contributed by atoms with Crippen LogP contribution in [-0.4, -0.2) is 31.2 Å². The molecule has 4 nitrogen and oxygen atoms in total. The molecule has 0 aliphatic rings.